The molecule has 1 aromatic rings. The zero-order valence-corrected chi connectivity index (χ0v) is 8.70. The van der Waals surface area contributed by atoms with Gasteiger partial charge in [0.15, 0.2) is 0 Å². The van der Waals surface area contributed by atoms with Crippen molar-refractivity contribution in [3.05, 3.63) is 17.7 Å². The van der Waals surface area contributed by atoms with Gasteiger partial charge in [0.1, 0.15) is 6.54 Å². The van der Waals surface area contributed by atoms with Crippen LogP contribution < -0.4 is 0 Å². The molecule has 1 aliphatic rings. The molecule has 2 rings (SSSR count). The van der Waals surface area contributed by atoms with Gasteiger partial charge in [-0.2, -0.15) is 5.26 Å². The van der Waals surface area contributed by atoms with Crippen LogP contribution in [0.25, 0.3) is 0 Å². The normalized spacial score (nSPS) is 25.5. The van der Waals surface area contributed by atoms with Crippen LogP contribution in [0.3, 0.4) is 0 Å². The van der Waals surface area contributed by atoms with Crippen molar-refractivity contribution in [2.45, 2.75) is 33.2 Å². The van der Waals surface area contributed by atoms with Crippen LogP contribution in [0.4, 0.5) is 0 Å². The fourth-order valence-corrected chi connectivity index (χ4v) is 2.08. The first-order valence-corrected chi connectivity index (χ1v) is 5.12. The van der Waals surface area contributed by atoms with Gasteiger partial charge in [0.05, 0.1) is 18.1 Å². The molecule has 1 aliphatic carbocycles. The molecule has 0 saturated carbocycles. The van der Waals surface area contributed by atoms with E-state index >= 15 is 0 Å². The van der Waals surface area contributed by atoms with Crippen LogP contribution in [0, 0.1) is 23.2 Å². The maximum atomic E-state index is 8.66. The predicted molar refractivity (Wildman–Crippen MR) is 53.6 cm³/mol. The van der Waals surface area contributed by atoms with Gasteiger partial charge in [-0.25, -0.2) is 4.98 Å². The molecule has 74 valence electrons. The molecule has 0 aliphatic heterocycles. The van der Waals surface area contributed by atoms with E-state index in [1.165, 1.54) is 11.4 Å². The van der Waals surface area contributed by atoms with Crippen LogP contribution in [0.1, 0.15) is 25.2 Å². The van der Waals surface area contributed by atoms with Crippen molar-refractivity contribution in [2.75, 3.05) is 0 Å². The molecule has 0 radical (unpaired) electrons. The molecule has 14 heavy (non-hydrogen) atoms. The summed E-state index contributed by atoms with van der Waals surface area (Å²) in [6.45, 7) is 4.98. The summed E-state index contributed by atoms with van der Waals surface area (Å²) in [7, 11) is 0. The fourth-order valence-electron chi connectivity index (χ4n) is 2.08. The number of hydrogen-bond acceptors (Lipinski definition) is 2. The Morgan fingerprint density at radius 3 is 2.93 bits per heavy atom. The molecule has 1 heterocycles. The molecule has 0 fully saturated rings. The largest absolute Gasteiger partial charge is 0.320 e. The van der Waals surface area contributed by atoms with E-state index in [0.29, 0.717) is 18.4 Å². The second-order valence-electron chi connectivity index (χ2n) is 4.29. The van der Waals surface area contributed by atoms with Crippen molar-refractivity contribution in [1.29, 1.82) is 5.26 Å². The van der Waals surface area contributed by atoms with Gasteiger partial charge < -0.3 is 4.57 Å². The van der Waals surface area contributed by atoms with Gasteiger partial charge in [-0.05, 0) is 24.7 Å². The lowest BCUT2D eigenvalue weighted by atomic mass is 9.82. The van der Waals surface area contributed by atoms with Gasteiger partial charge in [-0.15, -0.1) is 0 Å². The van der Waals surface area contributed by atoms with Crippen LogP contribution in [0.15, 0.2) is 6.33 Å². The number of fused-ring (bicyclic) bond motifs is 1. The molecular weight excluding hydrogens is 174 g/mol. The first-order valence-electron chi connectivity index (χ1n) is 5.12. The molecule has 2 unspecified atom stereocenters. The van der Waals surface area contributed by atoms with Gasteiger partial charge in [0.2, 0.25) is 0 Å². The Bertz CT molecular complexity index is 372. The molecule has 3 nitrogen and oxygen atoms in total. The van der Waals surface area contributed by atoms with E-state index in [1.807, 2.05) is 4.57 Å². The van der Waals surface area contributed by atoms with Gasteiger partial charge in [-0.3, -0.25) is 0 Å². The molecule has 0 N–H and O–H groups in total. The molecule has 0 saturated heterocycles. The quantitative estimate of drug-likeness (QED) is 0.675. The van der Waals surface area contributed by atoms with E-state index in [4.69, 9.17) is 5.26 Å². The van der Waals surface area contributed by atoms with Crippen LogP contribution >= 0.6 is 0 Å². The predicted octanol–water partition coefficient (Wildman–Crippen LogP) is 1.78. The third kappa shape index (κ3) is 1.41. The van der Waals surface area contributed by atoms with E-state index in [2.05, 4.69) is 24.9 Å². The highest BCUT2D eigenvalue weighted by atomic mass is 15.1. The number of nitriles is 1. The molecule has 3 heteroatoms. The van der Waals surface area contributed by atoms with Crippen molar-refractivity contribution < 1.29 is 0 Å². The lowest BCUT2D eigenvalue weighted by Gasteiger charge is -2.25. The summed E-state index contributed by atoms with van der Waals surface area (Å²) in [5, 5.41) is 8.66. The van der Waals surface area contributed by atoms with E-state index < -0.39 is 0 Å². The summed E-state index contributed by atoms with van der Waals surface area (Å²) < 4.78 is 1.98. The van der Waals surface area contributed by atoms with Gasteiger partial charge >= 0.3 is 0 Å². The summed E-state index contributed by atoms with van der Waals surface area (Å²) >= 11 is 0. The van der Waals surface area contributed by atoms with E-state index in [9.17, 15) is 0 Å². The van der Waals surface area contributed by atoms with Crippen LogP contribution in [-0.2, 0) is 19.4 Å². The van der Waals surface area contributed by atoms with Crippen molar-refractivity contribution >= 4 is 0 Å². The van der Waals surface area contributed by atoms with Crippen molar-refractivity contribution in [3.63, 3.8) is 0 Å². The Hall–Kier alpha value is -1.30. The maximum absolute atomic E-state index is 8.66. The number of imidazole rings is 1. The number of hydrogen-bond donors (Lipinski definition) is 0. The molecular formula is C11H15N3. The lowest BCUT2D eigenvalue weighted by molar-refractivity contribution is 0.350. The fraction of sp³-hybridized carbons (Fsp3) is 0.636. The highest BCUT2D eigenvalue weighted by Gasteiger charge is 2.25. The monoisotopic (exact) mass is 189 g/mol. The van der Waals surface area contributed by atoms with Gasteiger partial charge in [0.25, 0.3) is 0 Å². The molecule has 2 atom stereocenters. The first-order chi connectivity index (χ1) is 6.72. The van der Waals surface area contributed by atoms with Crippen LogP contribution in [-0.4, -0.2) is 9.55 Å². The minimum atomic E-state index is 0.434. The standard InChI is InChI=1S/C11H15N3/c1-8-5-10-11(6-9(8)2)14(4-3-12)7-13-10/h7-9H,4-6H2,1-2H3. The van der Waals surface area contributed by atoms with E-state index in [-0.39, 0.29) is 0 Å². The number of rotatable bonds is 1. The minimum absolute atomic E-state index is 0.434. The molecule has 0 spiro atoms. The molecule has 0 bridgehead atoms. The number of aromatic nitrogens is 2. The second-order valence-corrected chi connectivity index (χ2v) is 4.29. The average Bonchev–Trinajstić information content (AvgIpc) is 2.51. The Morgan fingerprint density at radius 1 is 1.50 bits per heavy atom. The lowest BCUT2D eigenvalue weighted by Crippen LogP contribution is -2.22. The Morgan fingerprint density at radius 2 is 2.21 bits per heavy atom. The van der Waals surface area contributed by atoms with Crippen LogP contribution in [0.5, 0.6) is 0 Å². The first kappa shape index (κ1) is 9.26. The average molecular weight is 189 g/mol. The molecule has 1 aromatic heterocycles. The topological polar surface area (TPSA) is 41.6 Å². The minimum Gasteiger partial charge on any atom is -0.320 e. The summed E-state index contributed by atoms with van der Waals surface area (Å²) in [6.07, 6.45) is 3.94. The zero-order chi connectivity index (χ0) is 10.1. The SMILES string of the molecule is CC1Cc2ncn(CC#N)c2CC1C. The Balaban J connectivity index is 2.31. The van der Waals surface area contributed by atoms with Crippen molar-refractivity contribution in [2.24, 2.45) is 11.8 Å². The van der Waals surface area contributed by atoms with Crippen molar-refractivity contribution in [1.82, 2.24) is 9.55 Å². The third-order valence-corrected chi connectivity index (χ3v) is 3.28. The highest BCUT2D eigenvalue weighted by molar-refractivity contribution is 5.18. The second kappa shape index (κ2) is 3.45. The maximum Gasteiger partial charge on any atom is 0.111 e. The summed E-state index contributed by atoms with van der Waals surface area (Å²) in [6, 6.07) is 2.17. The highest BCUT2D eigenvalue weighted by Crippen LogP contribution is 2.28. The van der Waals surface area contributed by atoms with E-state index in [1.54, 1.807) is 6.33 Å². The summed E-state index contributed by atoms with van der Waals surface area (Å²) in [5.41, 5.74) is 2.48. The summed E-state index contributed by atoms with van der Waals surface area (Å²) in [5.74, 6) is 1.42. The van der Waals surface area contributed by atoms with Crippen LogP contribution in [0.2, 0.25) is 0 Å². The van der Waals surface area contributed by atoms with Crippen molar-refractivity contribution in [3.8, 4) is 6.07 Å². The molecule has 0 aromatic carbocycles. The van der Waals surface area contributed by atoms with E-state index in [0.717, 1.165) is 12.8 Å². The van der Waals surface area contributed by atoms with Gasteiger partial charge in [-0.1, -0.05) is 13.8 Å². The number of nitrogens with zero attached hydrogens (tertiary/aromatic N) is 3. The smallest absolute Gasteiger partial charge is 0.111 e. The Kier molecular flexibility index (Phi) is 2.28. The van der Waals surface area contributed by atoms with Gasteiger partial charge in [0, 0.05) is 5.69 Å². The Labute approximate surface area is 84.4 Å². The third-order valence-electron chi connectivity index (χ3n) is 3.28. The summed E-state index contributed by atoms with van der Waals surface area (Å²) in [4.78, 5) is 4.37. The molecule has 0 amide bonds. The zero-order valence-electron chi connectivity index (χ0n) is 8.70.